The van der Waals surface area contributed by atoms with Crippen molar-refractivity contribution in [1.82, 2.24) is 0 Å². The summed E-state index contributed by atoms with van der Waals surface area (Å²) in [5, 5.41) is 5.11. The van der Waals surface area contributed by atoms with Crippen molar-refractivity contribution in [1.29, 1.82) is 0 Å². The monoisotopic (exact) mass is 362 g/mol. The van der Waals surface area contributed by atoms with E-state index in [1.807, 2.05) is 12.2 Å². The van der Waals surface area contributed by atoms with E-state index in [-0.39, 0.29) is 0 Å². The van der Waals surface area contributed by atoms with E-state index in [9.17, 15) is 0 Å². The van der Waals surface area contributed by atoms with Gasteiger partial charge >= 0.3 is 0 Å². The summed E-state index contributed by atoms with van der Waals surface area (Å²) in [5.41, 5.74) is 2.35. The quantitative estimate of drug-likeness (QED) is 0.321. The molecule has 0 aliphatic heterocycles. The largest absolute Gasteiger partial charge is 0.0991 e. The molecule has 0 aliphatic carbocycles. The van der Waals surface area contributed by atoms with E-state index in [1.54, 1.807) is 12.2 Å². The van der Waals surface area contributed by atoms with E-state index in [0.717, 1.165) is 0 Å². The number of hydrogen-bond donors (Lipinski definition) is 0. The molecule has 4 aromatic rings. The molecule has 0 aromatic heterocycles. The van der Waals surface area contributed by atoms with E-state index in [1.165, 1.54) is 32.7 Å². The van der Waals surface area contributed by atoms with Gasteiger partial charge in [-0.05, 0) is 44.8 Å². The summed E-state index contributed by atoms with van der Waals surface area (Å²) >= 11 is 0. The first-order chi connectivity index (χ1) is 13.7. The van der Waals surface area contributed by atoms with Crippen LogP contribution in [0.1, 0.15) is 11.1 Å². The van der Waals surface area contributed by atoms with Crippen LogP contribution >= 0.6 is 0 Å². The molecular weight excluding hydrogens is 336 g/mol. The molecule has 0 heteroatoms. The summed E-state index contributed by atoms with van der Waals surface area (Å²) in [6, 6.07) is 29.3. The van der Waals surface area contributed by atoms with Crippen molar-refractivity contribution in [3.63, 3.8) is 0 Å². The highest BCUT2D eigenvalue weighted by molar-refractivity contribution is 5.85. The molecule has 138 valence electrons. The fourth-order valence-electron chi connectivity index (χ4n) is 2.67. The summed E-state index contributed by atoms with van der Waals surface area (Å²) in [7, 11) is 0. The van der Waals surface area contributed by atoms with E-state index >= 15 is 0 Å². The Morgan fingerprint density at radius 3 is 1.11 bits per heavy atom. The van der Waals surface area contributed by atoms with Crippen molar-refractivity contribution in [2.75, 3.05) is 0 Å². The maximum atomic E-state index is 3.74. The van der Waals surface area contributed by atoms with Gasteiger partial charge in [0.2, 0.25) is 0 Å². The third-order valence-electron chi connectivity index (χ3n) is 4.19. The minimum Gasteiger partial charge on any atom is -0.0991 e. The molecule has 0 bridgehead atoms. The zero-order valence-electron chi connectivity index (χ0n) is 16.2. The zero-order chi connectivity index (χ0) is 20.2. The highest BCUT2D eigenvalue weighted by Crippen LogP contribution is 2.16. The highest BCUT2D eigenvalue weighted by atomic mass is 14.0. The van der Waals surface area contributed by atoms with Gasteiger partial charge in [-0.3, -0.25) is 0 Å². The molecule has 4 aromatic carbocycles. The van der Waals surface area contributed by atoms with Gasteiger partial charge in [0.1, 0.15) is 0 Å². The topological polar surface area (TPSA) is 0 Å². The van der Waals surface area contributed by atoms with Crippen LogP contribution in [0, 0.1) is 0 Å². The third-order valence-corrected chi connectivity index (χ3v) is 4.19. The normalized spacial score (nSPS) is 9.29. The molecule has 4 rings (SSSR count). The van der Waals surface area contributed by atoms with Crippen molar-refractivity contribution in [2.45, 2.75) is 0 Å². The number of rotatable bonds is 3. The molecule has 0 atom stereocenters. The second-order valence-electron chi connectivity index (χ2n) is 6.09. The molecule has 0 amide bonds. The maximum absolute atomic E-state index is 3.74. The van der Waals surface area contributed by atoms with Gasteiger partial charge in [-0.1, -0.05) is 123 Å². The van der Waals surface area contributed by atoms with Gasteiger partial charge in [-0.15, -0.1) is 0 Å². The van der Waals surface area contributed by atoms with E-state index in [0.29, 0.717) is 0 Å². The Morgan fingerprint density at radius 1 is 0.429 bits per heavy atom. The Balaban J connectivity index is 0.000000169. The lowest BCUT2D eigenvalue weighted by molar-refractivity contribution is 1.71. The summed E-state index contributed by atoms with van der Waals surface area (Å²) in [5.74, 6) is 0. The van der Waals surface area contributed by atoms with Crippen LogP contribution in [0.3, 0.4) is 0 Å². The van der Waals surface area contributed by atoms with Crippen molar-refractivity contribution < 1.29 is 0 Å². The molecule has 0 N–H and O–H groups in total. The Kier molecular flexibility index (Phi) is 8.23. The minimum absolute atomic E-state index is 1.17. The molecule has 0 heterocycles. The Morgan fingerprint density at radius 2 is 0.786 bits per heavy atom. The van der Waals surface area contributed by atoms with Gasteiger partial charge < -0.3 is 0 Å². The van der Waals surface area contributed by atoms with Gasteiger partial charge in [0.15, 0.2) is 0 Å². The zero-order valence-corrected chi connectivity index (χ0v) is 16.2. The maximum Gasteiger partial charge on any atom is -0.0178 e. The van der Waals surface area contributed by atoms with Crippen LogP contribution < -0.4 is 0 Å². The molecule has 0 spiro atoms. The van der Waals surface area contributed by atoms with Gasteiger partial charge in [0, 0.05) is 0 Å². The third kappa shape index (κ3) is 5.96. The predicted octanol–water partition coefficient (Wildman–Crippen LogP) is 8.32. The molecule has 0 fully saturated rings. The van der Waals surface area contributed by atoms with E-state index in [4.69, 9.17) is 0 Å². The Hall–Kier alpha value is -3.64. The van der Waals surface area contributed by atoms with Crippen molar-refractivity contribution in [3.8, 4) is 0 Å². The molecular formula is C28H26. The van der Waals surface area contributed by atoms with Crippen LogP contribution in [0.4, 0.5) is 0 Å². The summed E-state index contributed by atoms with van der Waals surface area (Å²) in [6.45, 7) is 14.2. The van der Waals surface area contributed by atoms with Crippen LogP contribution in [0.15, 0.2) is 123 Å². The number of hydrogen-bond acceptors (Lipinski definition) is 0. The first kappa shape index (κ1) is 20.7. The lowest BCUT2D eigenvalue weighted by Gasteiger charge is -1.97. The van der Waals surface area contributed by atoms with Crippen LogP contribution in [-0.2, 0) is 0 Å². The van der Waals surface area contributed by atoms with E-state index in [2.05, 4.69) is 111 Å². The average Bonchev–Trinajstić information content (AvgIpc) is 2.79. The number of fused-ring (bicyclic) bond motifs is 2. The van der Waals surface area contributed by atoms with Gasteiger partial charge in [-0.2, -0.15) is 0 Å². The Labute approximate surface area is 168 Å². The lowest BCUT2D eigenvalue weighted by atomic mass is 10.1. The van der Waals surface area contributed by atoms with E-state index < -0.39 is 0 Å². The standard InChI is InChI=1S/2C12H10.C4H6/c2*1-2-10-7-8-11-5-3-4-6-12(11)9-10;1-3-4-2/h2*2-9H,1H2;3-4H,1-2H2. The molecule has 0 nitrogen and oxygen atoms in total. The SMILES string of the molecule is C=CC=C.C=Cc1ccc2ccccc2c1.C=Cc1ccc2ccccc2c1. The molecule has 0 radical (unpaired) electrons. The van der Waals surface area contributed by atoms with Gasteiger partial charge in [0.25, 0.3) is 0 Å². The smallest absolute Gasteiger partial charge is 0.0178 e. The summed E-state index contributed by atoms with van der Waals surface area (Å²) in [6.07, 6.45) is 7.01. The Bertz CT molecular complexity index is 994. The first-order valence-corrected chi connectivity index (χ1v) is 9.17. The lowest BCUT2D eigenvalue weighted by Crippen LogP contribution is -1.73. The molecule has 0 aliphatic rings. The highest BCUT2D eigenvalue weighted by Gasteiger charge is 1.91. The summed E-state index contributed by atoms with van der Waals surface area (Å²) < 4.78 is 0. The second kappa shape index (κ2) is 11.2. The van der Waals surface area contributed by atoms with Gasteiger partial charge in [0.05, 0.1) is 0 Å². The second-order valence-corrected chi connectivity index (χ2v) is 6.09. The van der Waals surface area contributed by atoms with Crippen molar-refractivity contribution in [3.05, 3.63) is 135 Å². The van der Waals surface area contributed by atoms with Crippen LogP contribution in [-0.4, -0.2) is 0 Å². The number of benzene rings is 4. The molecule has 0 saturated heterocycles. The van der Waals surface area contributed by atoms with Crippen molar-refractivity contribution >= 4 is 33.7 Å². The van der Waals surface area contributed by atoms with Crippen LogP contribution in [0.5, 0.6) is 0 Å². The first-order valence-electron chi connectivity index (χ1n) is 9.17. The minimum atomic E-state index is 1.17. The fourth-order valence-corrected chi connectivity index (χ4v) is 2.67. The average molecular weight is 363 g/mol. The molecule has 0 saturated carbocycles. The van der Waals surface area contributed by atoms with Gasteiger partial charge in [-0.25, -0.2) is 0 Å². The summed E-state index contributed by atoms with van der Waals surface area (Å²) in [4.78, 5) is 0. The fraction of sp³-hybridized carbons (Fsp3) is 0. The predicted molar refractivity (Wildman–Crippen MR) is 128 cm³/mol. The molecule has 0 unspecified atom stereocenters. The number of allylic oxidation sites excluding steroid dienone is 2. The van der Waals surface area contributed by atoms with Crippen LogP contribution in [0.25, 0.3) is 33.7 Å². The van der Waals surface area contributed by atoms with Crippen molar-refractivity contribution in [2.24, 2.45) is 0 Å². The molecule has 28 heavy (non-hydrogen) atoms. The van der Waals surface area contributed by atoms with Crippen LogP contribution in [0.2, 0.25) is 0 Å².